The monoisotopic (exact) mass is 294 g/mol. The average Bonchev–Trinajstić information content (AvgIpc) is 2.48. The van der Waals surface area contributed by atoms with Crippen molar-refractivity contribution >= 4 is 6.09 Å². The summed E-state index contributed by atoms with van der Waals surface area (Å²) >= 11 is 0. The molecular formula is C16H23FN2O2. The Balaban J connectivity index is 1.83. The Morgan fingerprint density at radius 2 is 2.10 bits per heavy atom. The Kier molecular flexibility index (Phi) is 5.56. The van der Waals surface area contributed by atoms with Crippen LogP contribution in [0.5, 0.6) is 0 Å². The molecule has 0 radical (unpaired) electrons. The first kappa shape index (κ1) is 15.8. The highest BCUT2D eigenvalue weighted by atomic mass is 19.1. The summed E-state index contributed by atoms with van der Waals surface area (Å²) in [5.41, 5.74) is 0.685. The lowest BCUT2D eigenvalue weighted by Crippen LogP contribution is -2.45. The lowest BCUT2D eigenvalue weighted by atomic mass is 10.0. The topological polar surface area (TPSA) is 41.6 Å². The van der Waals surface area contributed by atoms with Crippen LogP contribution in [0.3, 0.4) is 0 Å². The van der Waals surface area contributed by atoms with Gasteiger partial charge in [0.1, 0.15) is 5.82 Å². The summed E-state index contributed by atoms with van der Waals surface area (Å²) in [4.78, 5) is 13.4. The Morgan fingerprint density at radius 1 is 1.43 bits per heavy atom. The summed E-state index contributed by atoms with van der Waals surface area (Å²) in [6.45, 7) is 5.54. The van der Waals surface area contributed by atoms with Crippen molar-refractivity contribution in [3.63, 3.8) is 0 Å². The molecule has 1 saturated heterocycles. The van der Waals surface area contributed by atoms with Crippen LogP contribution in [0.25, 0.3) is 0 Å². The molecule has 0 aromatic heterocycles. The van der Waals surface area contributed by atoms with Gasteiger partial charge in [-0.3, -0.25) is 0 Å². The summed E-state index contributed by atoms with van der Waals surface area (Å²) in [5, 5.41) is 3.45. The number of carbonyl (C=O) groups excluding carboxylic acids is 1. The smallest absolute Gasteiger partial charge is 0.409 e. The predicted octanol–water partition coefficient (Wildman–Crippen LogP) is 3.10. The van der Waals surface area contributed by atoms with E-state index in [1.165, 1.54) is 6.07 Å². The first-order valence-electron chi connectivity index (χ1n) is 7.54. The molecule has 0 unspecified atom stereocenters. The quantitative estimate of drug-likeness (QED) is 0.928. The SMILES string of the molecule is CCOC(=O)N1CCC(N[C@H](C)c2ccccc2F)CC1. The van der Waals surface area contributed by atoms with Gasteiger partial charge >= 0.3 is 6.09 Å². The standard InChI is InChI=1S/C16H23FN2O2/c1-3-21-16(20)19-10-8-13(9-11-19)18-12(2)14-6-4-5-7-15(14)17/h4-7,12-13,18H,3,8-11H2,1-2H3/t12-/m1/s1. The number of hydrogen-bond donors (Lipinski definition) is 1. The third kappa shape index (κ3) is 4.17. The van der Waals surface area contributed by atoms with E-state index in [1.807, 2.05) is 19.9 Å². The highest BCUT2D eigenvalue weighted by molar-refractivity contribution is 5.67. The number of nitrogens with one attached hydrogen (secondary N) is 1. The molecule has 1 fully saturated rings. The number of likely N-dealkylation sites (tertiary alicyclic amines) is 1. The summed E-state index contributed by atoms with van der Waals surface area (Å²) in [6.07, 6.45) is 1.48. The Labute approximate surface area is 125 Å². The number of nitrogens with zero attached hydrogens (tertiary/aromatic N) is 1. The molecule has 0 spiro atoms. The minimum atomic E-state index is -0.238. The van der Waals surface area contributed by atoms with Crippen molar-refractivity contribution in [3.05, 3.63) is 35.6 Å². The Hall–Kier alpha value is -1.62. The normalized spacial score (nSPS) is 17.6. The first-order chi connectivity index (χ1) is 10.1. The van der Waals surface area contributed by atoms with Gasteiger partial charge in [0.2, 0.25) is 0 Å². The molecule has 21 heavy (non-hydrogen) atoms. The van der Waals surface area contributed by atoms with E-state index in [-0.39, 0.29) is 18.0 Å². The van der Waals surface area contributed by atoms with Gasteiger partial charge in [0.25, 0.3) is 0 Å². The minimum Gasteiger partial charge on any atom is -0.450 e. The van der Waals surface area contributed by atoms with Gasteiger partial charge in [-0.1, -0.05) is 18.2 Å². The van der Waals surface area contributed by atoms with Crippen molar-refractivity contribution < 1.29 is 13.9 Å². The fraction of sp³-hybridized carbons (Fsp3) is 0.562. The van der Waals surface area contributed by atoms with Gasteiger partial charge in [0.15, 0.2) is 0 Å². The van der Waals surface area contributed by atoms with E-state index >= 15 is 0 Å². The third-order valence-electron chi connectivity index (χ3n) is 3.88. The van der Waals surface area contributed by atoms with Crippen LogP contribution in [-0.2, 0) is 4.74 Å². The Morgan fingerprint density at radius 3 is 2.71 bits per heavy atom. The van der Waals surface area contributed by atoms with Crippen molar-refractivity contribution in [2.24, 2.45) is 0 Å². The second kappa shape index (κ2) is 7.41. The van der Waals surface area contributed by atoms with Crippen molar-refractivity contribution in [2.75, 3.05) is 19.7 Å². The molecule has 2 rings (SSSR count). The lowest BCUT2D eigenvalue weighted by Gasteiger charge is -2.33. The molecule has 1 aliphatic heterocycles. The van der Waals surface area contributed by atoms with Crippen LogP contribution in [0.4, 0.5) is 9.18 Å². The van der Waals surface area contributed by atoms with Gasteiger partial charge in [-0.15, -0.1) is 0 Å². The number of hydrogen-bond acceptors (Lipinski definition) is 3. The van der Waals surface area contributed by atoms with E-state index in [0.717, 1.165) is 12.8 Å². The Bertz CT molecular complexity index is 473. The molecule has 0 bridgehead atoms. The first-order valence-corrected chi connectivity index (χ1v) is 7.54. The molecule has 0 aliphatic carbocycles. The zero-order valence-electron chi connectivity index (χ0n) is 12.6. The second-order valence-electron chi connectivity index (χ2n) is 5.37. The van der Waals surface area contributed by atoms with Crippen molar-refractivity contribution in [1.82, 2.24) is 10.2 Å². The van der Waals surface area contributed by atoms with Crippen LogP contribution in [-0.4, -0.2) is 36.7 Å². The number of benzene rings is 1. The van der Waals surface area contributed by atoms with E-state index in [4.69, 9.17) is 4.74 Å². The predicted molar refractivity (Wildman–Crippen MR) is 79.6 cm³/mol. The number of carbonyl (C=O) groups is 1. The van der Waals surface area contributed by atoms with E-state index in [1.54, 1.807) is 17.0 Å². The molecule has 0 saturated carbocycles. The lowest BCUT2D eigenvalue weighted by molar-refractivity contribution is 0.0943. The third-order valence-corrected chi connectivity index (χ3v) is 3.88. The number of ether oxygens (including phenoxy) is 1. The van der Waals surface area contributed by atoms with Crippen molar-refractivity contribution in [3.8, 4) is 0 Å². The molecule has 4 nitrogen and oxygen atoms in total. The summed E-state index contributed by atoms with van der Waals surface area (Å²) in [6, 6.07) is 7.09. The maximum Gasteiger partial charge on any atom is 0.409 e. The van der Waals surface area contributed by atoms with E-state index < -0.39 is 0 Å². The van der Waals surface area contributed by atoms with Gasteiger partial charge in [-0.05, 0) is 32.8 Å². The largest absolute Gasteiger partial charge is 0.450 e. The molecule has 1 heterocycles. The highest BCUT2D eigenvalue weighted by Gasteiger charge is 2.24. The molecule has 1 N–H and O–H groups in total. The zero-order valence-corrected chi connectivity index (χ0v) is 12.6. The average molecular weight is 294 g/mol. The molecule has 1 aliphatic rings. The molecule has 1 aromatic carbocycles. The van der Waals surface area contributed by atoms with Crippen LogP contribution >= 0.6 is 0 Å². The van der Waals surface area contributed by atoms with Crippen LogP contribution in [0, 0.1) is 5.82 Å². The molecular weight excluding hydrogens is 271 g/mol. The molecule has 1 amide bonds. The number of rotatable bonds is 4. The maximum atomic E-state index is 13.7. The summed E-state index contributed by atoms with van der Waals surface area (Å²) in [5.74, 6) is -0.179. The van der Waals surface area contributed by atoms with Crippen LogP contribution in [0.2, 0.25) is 0 Å². The van der Waals surface area contributed by atoms with Crippen molar-refractivity contribution in [2.45, 2.75) is 38.8 Å². The zero-order chi connectivity index (χ0) is 15.2. The maximum absolute atomic E-state index is 13.7. The van der Waals surface area contributed by atoms with E-state index in [9.17, 15) is 9.18 Å². The van der Waals surface area contributed by atoms with Crippen LogP contribution in [0.15, 0.2) is 24.3 Å². The van der Waals surface area contributed by atoms with Crippen LogP contribution < -0.4 is 5.32 Å². The summed E-state index contributed by atoms with van der Waals surface area (Å²) < 4.78 is 18.7. The van der Waals surface area contributed by atoms with Gasteiger partial charge in [-0.25, -0.2) is 9.18 Å². The fourth-order valence-electron chi connectivity index (χ4n) is 2.71. The van der Waals surface area contributed by atoms with E-state index in [2.05, 4.69) is 5.32 Å². The number of halogens is 1. The molecule has 116 valence electrons. The van der Waals surface area contributed by atoms with Gasteiger partial charge in [0.05, 0.1) is 6.61 Å². The highest BCUT2D eigenvalue weighted by Crippen LogP contribution is 2.20. The number of amides is 1. The van der Waals surface area contributed by atoms with Crippen molar-refractivity contribution in [1.29, 1.82) is 0 Å². The summed E-state index contributed by atoms with van der Waals surface area (Å²) in [7, 11) is 0. The van der Waals surface area contributed by atoms with E-state index in [0.29, 0.717) is 31.3 Å². The fourth-order valence-corrected chi connectivity index (χ4v) is 2.71. The number of piperidine rings is 1. The van der Waals surface area contributed by atoms with Gasteiger partial charge < -0.3 is 15.0 Å². The van der Waals surface area contributed by atoms with Gasteiger partial charge in [-0.2, -0.15) is 0 Å². The van der Waals surface area contributed by atoms with Gasteiger partial charge in [0, 0.05) is 30.7 Å². The molecule has 1 atom stereocenters. The second-order valence-corrected chi connectivity index (χ2v) is 5.37. The minimum absolute atomic E-state index is 0.0367. The van der Waals surface area contributed by atoms with Crippen LogP contribution in [0.1, 0.15) is 38.3 Å². The molecule has 5 heteroatoms. The molecule has 1 aromatic rings.